The van der Waals surface area contributed by atoms with Gasteiger partial charge in [-0.15, -0.1) is 0 Å². The molecule has 1 aliphatic heterocycles. The molecule has 0 N–H and O–H groups in total. The number of fused-ring (bicyclic) bond motifs is 2. The van der Waals surface area contributed by atoms with E-state index in [2.05, 4.69) is 90.7 Å². The monoisotopic (exact) mass is 409 g/mol. The first-order chi connectivity index (χ1) is 14.7. The third kappa shape index (κ3) is 4.10. The second kappa shape index (κ2) is 8.33. The largest absolute Gasteiger partial charge is 0.342 e. The molecule has 3 nitrogen and oxygen atoms in total. The molecule has 0 saturated carbocycles. The molecule has 1 aliphatic rings. The predicted molar refractivity (Wildman–Crippen MR) is 126 cm³/mol. The fourth-order valence-electron chi connectivity index (χ4n) is 3.75. The molecule has 0 radical (unpaired) electrons. The van der Waals surface area contributed by atoms with Crippen molar-refractivity contribution >= 4 is 27.8 Å². The minimum absolute atomic E-state index is 0.677. The number of hydrogen-bond donors (Lipinski definition) is 0. The normalized spacial score (nSPS) is 14.8. The number of aliphatic imine (C=N–C) groups is 1. The van der Waals surface area contributed by atoms with Crippen molar-refractivity contribution in [2.75, 3.05) is 0 Å². The zero-order valence-electron chi connectivity index (χ0n) is 17.0. The molecular weight excluding hydrogens is 386 g/mol. The molecule has 0 saturated heterocycles. The number of amidine groups is 1. The van der Waals surface area contributed by atoms with Crippen LogP contribution in [-0.4, -0.2) is 15.1 Å². The number of rotatable bonds is 4. The average Bonchev–Trinajstić information content (AvgIpc) is 2.78. The highest BCUT2D eigenvalue weighted by atomic mass is 32.2. The lowest BCUT2D eigenvalue weighted by Crippen LogP contribution is -2.31. The number of aryl methyl sites for hydroxylation is 1. The molecule has 1 aromatic heterocycles. The van der Waals surface area contributed by atoms with Gasteiger partial charge >= 0.3 is 0 Å². The standard InChI is InChI=1S/C26H23N3S/c1-19-12-13-24-22(14-19)15-23-18-29(17-21-10-6-3-7-11-21)26(30-25(23)28-24)27-16-20-8-4-2-5-9-20/h2-15H,16-18H2,1H3. The molecule has 5 rings (SSSR count). The summed E-state index contributed by atoms with van der Waals surface area (Å²) in [6, 6.07) is 29.8. The van der Waals surface area contributed by atoms with Gasteiger partial charge in [-0.25, -0.2) is 4.98 Å². The van der Waals surface area contributed by atoms with E-state index in [-0.39, 0.29) is 0 Å². The molecule has 0 fully saturated rings. The topological polar surface area (TPSA) is 28.5 Å². The second-order valence-corrected chi connectivity index (χ2v) is 8.63. The number of thioether (sulfide) groups is 1. The van der Waals surface area contributed by atoms with Gasteiger partial charge in [0.15, 0.2) is 5.17 Å². The van der Waals surface area contributed by atoms with Gasteiger partial charge in [-0.05, 0) is 48.0 Å². The van der Waals surface area contributed by atoms with Crippen LogP contribution in [0.15, 0.2) is 94.9 Å². The third-order valence-corrected chi connectivity index (χ3v) is 6.40. The summed E-state index contributed by atoms with van der Waals surface area (Å²) in [6.07, 6.45) is 0. The van der Waals surface area contributed by atoms with E-state index >= 15 is 0 Å². The van der Waals surface area contributed by atoms with Gasteiger partial charge < -0.3 is 4.90 Å². The van der Waals surface area contributed by atoms with E-state index in [0.717, 1.165) is 28.8 Å². The average molecular weight is 410 g/mol. The van der Waals surface area contributed by atoms with Crippen molar-refractivity contribution in [1.82, 2.24) is 9.88 Å². The van der Waals surface area contributed by atoms with Crippen molar-refractivity contribution in [3.05, 3.63) is 107 Å². The molecule has 0 unspecified atom stereocenters. The van der Waals surface area contributed by atoms with E-state index in [0.29, 0.717) is 6.54 Å². The lowest BCUT2D eigenvalue weighted by atomic mass is 10.1. The van der Waals surface area contributed by atoms with Gasteiger partial charge in [0.1, 0.15) is 5.03 Å². The molecule has 148 valence electrons. The maximum absolute atomic E-state index is 4.99. The highest BCUT2D eigenvalue weighted by Crippen LogP contribution is 2.34. The van der Waals surface area contributed by atoms with Crippen LogP contribution in [0.5, 0.6) is 0 Å². The Balaban J connectivity index is 1.51. The molecule has 2 heterocycles. The number of nitrogens with zero attached hydrogens (tertiary/aromatic N) is 3. The van der Waals surface area contributed by atoms with E-state index in [1.807, 2.05) is 6.07 Å². The van der Waals surface area contributed by atoms with Crippen molar-refractivity contribution in [2.24, 2.45) is 4.99 Å². The van der Waals surface area contributed by atoms with Crippen molar-refractivity contribution < 1.29 is 0 Å². The van der Waals surface area contributed by atoms with E-state index in [1.54, 1.807) is 11.8 Å². The van der Waals surface area contributed by atoms with E-state index in [9.17, 15) is 0 Å². The molecule has 4 aromatic rings. The molecule has 0 atom stereocenters. The molecule has 0 bridgehead atoms. The van der Waals surface area contributed by atoms with Gasteiger partial charge in [-0.2, -0.15) is 0 Å². The Morgan fingerprint density at radius 3 is 2.40 bits per heavy atom. The Hall–Kier alpha value is -3.11. The Kier molecular flexibility index (Phi) is 5.24. The number of aromatic nitrogens is 1. The SMILES string of the molecule is Cc1ccc2nc3c(cc2c1)CN(Cc1ccccc1)C(=NCc1ccccc1)S3. The summed E-state index contributed by atoms with van der Waals surface area (Å²) in [7, 11) is 0. The lowest BCUT2D eigenvalue weighted by Gasteiger charge is -2.31. The van der Waals surface area contributed by atoms with Crippen LogP contribution < -0.4 is 0 Å². The van der Waals surface area contributed by atoms with Crippen LogP contribution in [0, 0.1) is 6.92 Å². The van der Waals surface area contributed by atoms with E-state index < -0.39 is 0 Å². The number of benzene rings is 3. The lowest BCUT2D eigenvalue weighted by molar-refractivity contribution is 0.405. The Morgan fingerprint density at radius 2 is 1.63 bits per heavy atom. The van der Waals surface area contributed by atoms with Crippen LogP contribution in [0.1, 0.15) is 22.3 Å². The molecule has 0 aliphatic carbocycles. The van der Waals surface area contributed by atoms with E-state index in [4.69, 9.17) is 9.98 Å². The van der Waals surface area contributed by atoms with Crippen LogP contribution in [0.3, 0.4) is 0 Å². The molecular formula is C26H23N3S. The number of hydrogen-bond acceptors (Lipinski definition) is 3. The van der Waals surface area contributed by atoms with Gasteiger partial charge in [0.05, 0.1) is 12.1 Å². The minimum atomic E-state index is 0.677. The summed E-state index contributed by atoms with van der Waals surface area (Å²) in [5, 5.41) is 3.32. The van der Waals surface area contributed by atoms with Gasteiger partial charge in [0.25, 0.3) is 0 Å². The van der Waals surface area contributed by atoms with Gasteiger partial charge in [-0.3, -0.25) is 4.99 Å². The Bertz CT molecular complexity index is 1200. The van der Waals surface area contributed by atoms with Crippen molar-refractivity contribution in [2.45, 2.75) is 31.6 Å². The molecule has 0 spiro atoms. The van der Waals surface area contributed by atoms with Crippen molar-refractivity contribution in [3.8, 4) is 0 Å². The summed E-state index contributed by atoms with van der Waals surface area (Å²) in [5.41, 5.74) is 6.09. The van der Waals surface area contributed by atoms with Gasteiger partial charge in [-0.1, -0.05) is 72.3 Å². The zero-order valence-corrected chi connectivity index (χ0v) is 17.8. The fraction of sp³-hybridized carbons (Fsp3) is 0.154. The Morgan fingerprint density at radius 1 is 0.900 bits per heavy atom. The first kappa shape index (κ1) is 18.9. The highest BCUT2D eigenvalue weighted by Gasteiger charge is 2.24. The third-order valence-electron chi connectivity index (χ3n) is 5.29. The molecule has 0 amide bonds. The summed E-state index contributed by atoms with van der Waals surface area (Å²) in [4.78, 5) is 12.3. The second-order valence-electron chi connectivity index (χ2n) is 7.68. The summed E-state index contributed by atoms with van der Waals surface area (Å²) < 4.78 is 0. The van der Waals surface area contributed by atoms with Gasteiger partial charge in [0, 0.05) is 24.0 Å². The van der Waals surface area contributed by atoms with Crippen LogP contribution >= 0.6 is 11.8 Å². The minimum Gasteiger partial charge on any atom is -0.342 e. The van der Waals surface area contributed by atoms with Crippen LogP contribution in [0.4, 0.5) is 0 Å². The first-order valence-corrected chi connectivity index (χ1v) is 11.0. The fourth-order valence-corrected chi connectivity index (χ4v) is 4.71. The molecule has 4 heteroatoms. The maximum Gasteiger partial charge on any atom is 0.166 e. The number of pyridine rings is 1. The van der Waals surface area contributed by atoms with Crippen LogP contribution in [0.2, 0.25) is 0 Å². The van der Waals surface area contributed by atoms with Crippen LogP contribution in [-0.2, 0) is 19.6 Å². The maximum atomic E-state index is 4.99. The summed E-state index contributed by atoms with van der Waals surface area (Å²) in [6.45, 7) is 4.47. The van der Waals surface area contributed by atoms with Crippen molar-refractivity contribution in [3.63, 3.8) is 0 Å². The quantitative estimate of drug-likeness (QED) is 0.401. The van der Waals surface area contributed by atoms with Crippen molar-refractivity contribution in [1.29, 1.82) is 0 Å². The smallest absolute Gasteiger partial charge is 0.166 e. The van der Waals surface area contributed by atoms with Crippen LogP contribution in [0.25, 0.3) is 10.9 Å². The molecule has 3 aromatic carbocycles. The van der Waals surface area contributed by atoms with Gasteiger partial charge in [0.2, 0.25) is 0 Å². The first-order valence-electron chi connectivity index (χ1n) is 10.2. The summed E-state index contributed by atoms with van der Waals surface area (Å²) in [5.74, 6) is 0. The predicted octanol–water partition coefficient (Wildman–Crippen LogP) is 6.21. The van der Waals surface area contributed by atoms with E-state index in [1.165, 1.54) is 27.6 Å². The summed E-state index contributed by atoms with van der Waals surface area (Å²) >= 11 is 1.69. The highest BCUT2D eigenvalue weighted by molar-refractivity contribution is 8.13. The molecule has 30 heavy (non-hydrogen) atoms. The Labute approximate surface area is 181 Å². The zero-order chi connectivity index (χ0) is 20.3.